The van der Waals surface area contributed by atoms with Crippen molar-refractivity contribution in [1.29, 1.82) is 0 Å². The van der Waals surface area contributed by atoms with Gasteiger partial charge < -0.3 is 5.32 Å². The quantitative estimate of drug-likeness (QED) is 0.809. The molecule has 0 bridgehead atoms. The van der Waals surface area contributed by atoms with Gasteiger partial charge in [0.05, 0.1) is 0 Å². The molecule has 1 aromatic carbocycles. The second kappa shape index (κ2) is 7.20. The first-order chi connectivity index (χ1) is 12.3. The average Bonchev–Trinajstić information content (AvgIpc) is 2.53. The first-order valence-corrected chi connectivity index (χ1v) is 10.1. The summed E-state index contributed by atoms with van der Waals surface area (Å²) in [6.45, 7) is 8.36. The Kier molecular flexibility index (Phi) is 5.69. The predicted octanol–water partition coefficient (Wildman–Crippen LogP) is 4.36. The van der Waals surface area contributed by atoms with Gasteiger partial charge in [-0.2, -0.15) is 0 Å². The summed E-state index contributed by atoms with van der Waals surface area (Å²) in [5.41, 5.74) is 0.499. The molecule has 1 amide bonds. The van der Waals surface area contributed by atoms with Crippen molar-refractivity contribution in [3.05, 3.63) is 52.9 Å². The van der Waals surface area contributed by atoms with Crippen LogP contribution in [0.15, 0.2) is 41.3 Å². The first kappa shape index (κ1) is 21.3. The largest absolute Gasteiger partial charge is 0.309 e. The molecule has 0 radical (unpaired) electrons. The summed E-state index contributed by atoms with van der Waals surface area (Å²) in [6.07, 6.45) is 0. The van der Waals surface area contributed by atoms with Gasteiger partial charge in [0.15, 0.2) is 9.84 Å². The highest BCUT2D eigenvalue weighted by atomic mass is 35.5. The Hall–Kier alpha value is -1.99. The number of anilines is 1. The van der Waals surface area contributed by atoms with E-state index >= 15 is 0 Å². The number of aromatic nitrogens is 1. The molecular formula is C19H22ClFN2O3S. The Morgan fingerprint density at radius 1 is 1.11 bits per heavy atom. The molecule has 5 nitrogen and oxygen atoms in total. The minimum absolute atomic E-state index is 0.0666. The Balaban J connectivity index is 2.37. The third-order valence-corrected chi connectivity index (χ3v) is 6.84. The summed E-state index contributed by atoms with van der Waals surface area (Å²) in [7, 11) is -4.32. The Morgan fingerprint density at radius 2 is 1.74 bits per heavy atom. The zero-order valence-electron chi connectivity index (χ0n) is 15.8. The van der Waals surface area contributed by atoms with Crippen LogP contribution in [0.1, 0.15) is 40.3 Å². The molecule has 0 fully saturated rings. The van der Waals surface area contributed by atoms with E-state index < -0.39 is 31.2 Å². The monoisotopic (exact) mass is 412 g/mol. The van der Waals surface area contributed by atoms with Gasteiger partial charge in [0.2, 0.25) is 5.91 Å². The second-order valence-electron chi connectivity index (χ2n) is 7.70. The number of halogens is 2. The van der Waals surface area contributed by atoms with Gasteiger partial charge in [0.25, 0.3) is 0 Å². The maximum atomic E-state index is 14.1. The van der Waals surface area contributed by atoms with Crippen LogP contribution in [0.2, 0.25) is 5.02 Å². The van der Waals surface area contributed by atoms with Crippen molar-refractivity contribution in [3.63, 3.8) is 0 Å². The van der Waals surface area contributed by atoms with Gasteiger partial charge >= 0.3 is 0 Å². The van der Waals surface area contributed by atoms with Gasteiger partial charge in [0.1, 0.15) is 21.3 Å². The standard InChI is InChI=1S/C19H22ClFN2O3S/c1-18(2,3)15-7-6-8-16(22-15)23-17(24)19(4,5)27(25,26)14-10-9-12(20)11-13(14)21/h6-11H,1-5H3,(H,22,23,24). The van der Waals surface area contributed by atoms with Crippen molar-refractivity contribution < 1.29 is 17.6 Å². The molecule has 2 rings (SSSR count). The molecular weight excluding hydrogens is 391 g/mol. The predicted molar refractivity (Wildman–Crippen MR) is 104 cm³/mol. The molecule has 8 heteroatoms. The lowest BCUT2D eigenvalue weighted by Crippen LogP contribution is -2.45. The van der Waals surface area contributed by atoms with E-state index in [1.807, 2.05) is 26.8 Å². The van der Waals surface area contributed by atoms with Crippen LogP contribution < -0.4 is 5.32 Å². The lowest BCUT2D eigenvalue weighted by Gasteiger charge is -2.24. The van der Waals surface area contributed by atoms with Crippen LogP contribution in [0.5, 0.6) is 0 Å². The minimum atomic E-state index is -4.32. The summed E-state index contributed by atoms with van der Waals surface area (Å²) in [4.78, 5) is 16.5. The fourth-order valence-corrected chi connectivity index (χ4v) is 3.85. The maximum Gasteiger partial charge on any atom is 0.246 e. The van der Waals surface area contributed by atoms with Crippen molar-refractivity contribution in [2.24, 2.45) is 0 Å². The van der Waals surface area contributed by atoms with Gasteiger partial charge in [-0.1, -0.05) is 38.4 Å². The molecule has 0 spiro atoms. The molecule has 1 aromatic heterocycles. The summed E-state index contributed by atoms with van der Waals surface area (Å²) in [5, 5.41) is 2.59. The Morgan fingerprint density at radius 3 is 2.30 bits per heavy atom. The Labute approximate surface area is 163 Å². The lowest BCUT2D eigenvalue weighted by atomic mass is 9.92. The number of hydrogen-bond donors (Lipinski definition) is 1. The molecule has 0 unspecified atom stereocenters. The van der Waals surface area contributed by atoms with Gasteiger partial charge in [-0.3, -0.25) is 4.79 Å². The third kappa shape index (κ3) is 4.30. The molecule has 27 heavy (non-hydrogen) atoms. The van der Waals surface area contributed by atoms with E-state index in [1.165, 1.54) is 19.9 Å². The Bertz CT molecular complexity index is 983. The molecule has 2 aromatic rings. The van der Waals surface area contributed by atoms with Crippen molar-refractivity contribution in [1.82, 2.24) is 4.98 Å². The van der Waals surface area contributed by atoms with Crippen LogP contribution in [-0.2, 0) is 20.0 Å². The van der Waals surface area contributed by atoms with E-state index in [9.17, 15) is 17.6 Å². The number of nitrogens with one attached hydrogen (secondary N) is 1. The van der Waals surface area contributed by atoms with E-state index in [-0.39, 0.29) is 16.3 Å². The van der Waals surface area contributed by atoms with Gasteiger partial charge in [-0.25, -0.2) is 17.8 Å². The number of rotatable bonds is 4. The molecule has 0 atom stereocenters. The average molecular weight is 413 g/mol. The molecule has 146 valence electrons. The molecule has 0 aliphatic heterocycles. The molecule has 0 aliphatic carbocycles. The number of amides is 1. The summed E-state index contributed by atoms with van der Waals surface area (Å²) < 4.78 is 38.0. The SMILES string of the molecule is CC(C)(C)c1cccc(NC(=O)C(C)(C)S(=O)(=O)c2ccc(Cl)cc2F)n1. The molecule has 0 saturated carbocycles. The van der Waals surface area contributed by atoms with E-state index in [4.69, 9.17) is 11.6 Å². The number of carbonyl (C=O) groups excluding carboxylic acids is 1. The van der Waals surface area contributed by atoms with E-state index in [2.05, 4.69) is 10.3 Å². The summed E-state index contributed by atoms with van der Waals surface area (Å²) >= 11 is 5.68. The summed E-state index contributed by atoms with van der Waals surface area (Å²) in [5.74, 6) is -1.58. The number of sulfone groups is 1. The fraction of sp³-hybridized carbons (Fsp3) is 0.368. The number of nitrogens with zero attached hydrogens (tertiary/aromatic N) is 1. The van der Waals surface area contributed by atoms with Gasteiger partial charge in [0, 0.05) is 16.1 Å². The van der Waals surface area contributed by atoms with Crippen molar-refractivity contribution in [3.8, 4) is 0 Å². The zero-order valence-corrected chi connectivity index (χ0v) is 17.4. The highest BCUT2D eigenvalue weighted by Gasteiger charge is 2.44. The lowest BCUT2D eigenvalue weighted by molar-refractivity contribution is -0.117. The molecule has 1 heterocycles. The first-order valence-electron chi connectivity index (χ1n) is 8.25. The molecule has 0 saturated heterocycles. The van der Waals surface area contributed by atoms with Crippen molar-refractivity contribution in [2.75, 3.05) is 5.32 Å². The van der Waals surface area contributed by atoms with Crippen LogP contribution in [0.25, 0.3) is 0 Å². The number of benzene rings is 1. The van der Waals surface area contributed by atoms with Crippen molar-refractivity contribution in [2.45, 2.75) is 49.7 Å². The fourth-order valence-electron chi connectivity index (χ4n) is 2.28. The topological polar surface area (TPSA) is 76.1 Å². The van der Waals surface area contributed by atoms with E-state index in [0.717, 1.165) is 17.8 Å². The smallest absolute Gasteiger partial charge is 0.246 e. The number of pyridine rings is 1. The van der Waals surface area contributed by atoms with Crippen LogP contribution in [-0.4, -0.2) is 24.1 Å². The normalized spacial score (nSPS) is 12.7. The van der Waals surface area contributed by atoms with E-state index in [1.54, 1.807) is 12.1 Å². The third-order valence-electron chi connectivity index (χ3n) is 4.16. The number of carbonyl (C=O) groups is 1. The van der Waals surface area contributed by atoms with Crippen LogP contribution in [0.4, 0.5) is 10.2 Å². The minimum Gasteiger partial charge on any atom is -0.309 e. The number of hydrogen-bond acceptors (Lipinski definition) is 4. The van der Waals surface area contributed by atoms with Crippen LogP contribution >= 0.6 is 11.6 Å². The highest BCUT2D eigenvalue weighted by Crippen LogP contribution is 2.30. The molecule has 1 N–H and O–H groups in total. The van der Waals surface area contributed by atoms with Crippen LogP contribution in [0.3, 0.4) is 0 Å². The van der Waals surface area contributed by atoms with Crippen LogP contribution in [0, 0.1) is 5.82 Å². The highest BCUT2D eigenvalue weighted by molar-refractivity contribution is 7.93. The second-order valence-corrected chi connectivity index (χ2v) is 10.6. The maximum absolute atomic E-state index is 14.1. The van der Waals surface area contributed by atoms with Crippen molar-refractivity contribution >= 4 is 33.2 Å². The summed E-state index contributed by atoms with van der Waals surface area (Å²) in [6, 6.07) is 8.33. The zero-order chi connectivity index (χ0) is 20.6. The van der Waals surface area contributed by atoms with E-state index in [0.29, 0.717) is 0 Å². The molecule has 0 aliphatic rings. The van der Waals surface area contributed by atoms with Gasteiger partial charge in [-0.15, -0.1) is 0 Å². The van der Waals surface area contributed by atoms with Gasteiger partial charge in [-0.05, 0) is 44.2 Å².